The highest BCUT2D eigenvalue weighted by Gasteiger charge is 2.01. The van der Waals surface area contributed by atoms with E-state index in [1.165, 1.54) is 0 Å². The summed E-state index contributed by atoms with van der Waals surface area (Å²) in [5.74, 6) is 0.780. The summed E-state index contributed by atoms with van der Waals surface area (Å²) in [4.78, 5) is 0. The Bertz CT molecular complexity index is 333. The van der Waals surface area contributed by atoms with Gasteiger partial charge in [-0.3, -0.25) is 0 Å². The molecule has 1 rings (SSSR count). The third-order valence-corrected chi connectivity index (χ3v) is 2.28. The lowest BCUT2D eigenvalue weighted by Crippen LogP contribution is -2.27. The van der Waals surface area contributed by atoms with Gasteiger partial charge in [-0.2, -0.15) is 0 Å². The van der Waals surface area contributed by atoms with Crippen molar-refractivity contribution in [3.05, 3.63) is 36.7 Å². The number of hydrogen-bond donors (Lipinski definition) is 3. The van der Waals surface area contributed by atoms with Crippen molar-refractivity contribution in [2.45, 2.75) is 26.3 Å². The van der Waals surface area contributed by atoms with Crippen LogP contribution in [0.4, 0.5) is 11.4 Å². The van der Waals surface area contributed by atoms with Gasteiger partial charge in [-0.1, -0.05) is 25.6 Å². The van der Waals surface area contributed by atoms with E-state index in [0.29, 0.717) is 6.04 Å². The molecule has 3 heteroatoms. The Balaban J connectivity index is 2.55. The van der Waals surface area contributed by atoms with Gasteiger partial charge in [-0.25, -0.2) is 0 Å². The van der Waals surface area contributed by atoms with E-state index >= 15 is 0 Å². The van der Waals surface area contributed by atoms with Crippen molar-refractivity contribution in [3.63, 3.8) is 0 Å². The van der Waals surface area contributed by atoms with Crippen LogP contribution in [0.2, 0.25) is 0 Å². The molecular weight excluding hydrogens is 186 g/mol. The van der Waals surface area contributed by atoms with Gasteiger partial charge in [0.25, 0.3) is 0 Å². The molecule has 0 heterocycles. The van der Waals surface area contributed by atoms with Gasteiger partial charge in [-0.05, 0) is 25.5 Å². The van der Waals surface area contributed by atoms with Gasteiger partial charge >= 0.3 is 0 Å². The first-order valence-corrected chi connectivity index (χ1v) is 5.20. The molecule has 0 aromatic heterocycles. The van der Waals surface area contributed by atoms with E-state index < -0.39 is 0 Å². The zero-order valence-corrected chi connectivity index (χ0v) is 9.38. The second kappa shape index (κ2) is 5.29. The third kappa shape index (κ3) is 3.54. The van der Waals surface area contributed by atoms with E-state index in [0.717, 1.165) is 23.6 Å². The summed E-state index contributed by atoms with van der Waals surface area (Å²) >= 11 is 0. The minimum Gasteiger partial charge on any atom is -0.397 e. The summed E-state index contributed by atoms with van der Waals surface area (Å²) in [6.07, 6.45) is 1.06. The Hall–Kier alpha value is -1.64. The van der Waals surface area contributed by atoms with Crippen molar-refractivity contribution >= 4 is 11.4 Å². The third-order valence-electron chi connectivity index (χ3n) is 2.28. The largest absolute Gasteiger partial charge is 0.397 e. The fourth-order valence-electron chi connectivity index (χ4n) is 1.21. The average Bonchev–Trinajstić information content (AvgIpc) is 2.21. The van der Waals surface area contributed by atoms with Crippen LogP contribution in [0.25, 0.3) is 0 Å². The van der Waals surface area contributed by atoms with E-state index in [1.54, 1.807) is 0 Å². The van der Waals surface area contributed by atoms with Crippen molar-refractivity contribution in [1.29, 1.82) is 0 Å². The molecular formula is C12H19N3. The predicted molar refractivity (Wildman–Crippen MR) is 66.5 cm³/mol. The first-order chi connectivity index (χ1) is 7.13. The molecule has 4 N–H and O–H groups in total. The van der Waals surface area contributed by atoms with Crippen molar-refractivity contribution < 1.29 is 0 Å². The number of benzene rings is 1. The van der Waals surface area contributed by atoms with E-state index in [1.807, 2.05) is 24.3 Å². The van der Waals surface area contributed by atoms with Crippen LogP contribution in [0.5, 0.6) is 0 Å². The van der Waals surface area contributed by atoms with Gasteiger partial charge in [-0.15, -0.1) is 0 Å². The fourth-order valence-corrected chi connectivity index (χ4v) is 1.21. The minimum atomic E-state index is 0.412. The lowest BCUT2D eigenvalue weighted by Gasteiger charge is -2.17. The first kappa shape index (κ1) is 11.4. The summed E-state index contributed by atoms with van der Waals surface area (Å²) in [6.45, 7) is 8.14. The maximum atomic E-state index is 5.80. The summed E-state index contributed by atoms with van der Waals surface area (Å²) in [6, 6.07) is 8.05. The topological polar surface area (TPSA) is 50.1 Å². The maximum absolute atomic E-state index is 5.80. The summed E-state index contributed by atoms with van der Waals surface area (Å²) < 4.78 is 0. The van der Waals surface area contributed by atoms with Crippen molar-refractivity contribution in [1.82, 2.24) is 5.32 Å². The van der Waals surface area contributed by atoms with Crippen molar-refractivity contribution in [2.24, 2.45) is 0 Å². The molecule has 0 aliphatic rings. The molecule has 0 aliphatic carbocycles. The van der Waals surface area contributed by atoms with Crippen LogP contribution in [-0.2, 0) is 0 Å². The lowest BCUT2D eigenvalue weighted by molar-refractivity contribution is 0.599. The quantitative estimate of drug-likeness (QED) is 0.647. The Morgan fingerprint density at radius 1 is 1.47 bits per heavy atom. The lowest BCUT2D eigenvalue weighted by atomic mass is 10.2. The maximum Gasteiger partial charge on any atom is 0.0959 e. The number of para-hydroxylation sites is 2. The molecule has 1 aromatic rings. The number of anilines is 2. The van der Waals surface area contributed by atoms with Crippen LogP contribution >= 0.6 is 0 Å². The van der Waals surface area contributed by atoms with Crippen molar-refractivity contribution in [2.75, 3.05) is 11.1 Å². The van der Waals surface area contributed by atoms with E-state index in [4.69, 9.17) is 5.73 Å². The Labute approximate surface area is 91.4 Å². The molecule has 1 unspecified atom stereocenters. The molecule has 0 aliphatic heterocycles. The van der Waals surface area contributed by atoms with Gasteiger partial charge in [0.1, 0.15) is 0 Å². The molecule has 82 valence electrons. The van der Waals surface area contributed by atoms with Crippen LogP contribution < -0.4 is 16.4 Å². The molecule has 0 bridgehead atoms. The van der Waals surface area contributed by atoms with Crippen LogP contribution in [0.15, 0.2) is 36.7 Å². The minimum absolute atomic E-state index is 0.412. The molecule has 3 nitrogen and oxygen atoms in total. The molecule has 0 saturated carbocycles. The molecule has 0 radical (unpaired) electrons. The molecule has 0 amide bonds. The average molecular weight is 205 g/mol. The Morgan fingerprint density at radius 2 is 2.13 bits per heavy atom. The number of rotatable bonds is 5. The standard InChI is InChI=1S/C12H19N3/c1-4-9(2)14-10(3)15-12-8-6-5-7-11(12)13/h5-9,14-15H,3-4,13H2,1-2H3. The van der Waals surface area contributed by atoms with Crippen LogP contribution in [0.3, 0.4) is 0 Å². The zero-order chi connectivity index (χ0) is 11.3. The van der Waals surface area contributed by atoms with Crippen LogP contribution in [0.1, 0.15) is 20.3 Å². The normalized spacial score (nSPS) is 11.9. The molecule has 15 heavy (non-hydrogen) atoms. The van der Waals surface area contributed by atoms with E-state index in [9.17, 15) is 0 Å². The highest BCUT2D eigenvalue weighted by molar-refractivity contribution is 5.67. The van der Waals surface area contributed by atoms with Crippen LogP contribution in [0, 0.1) is 0 Å². The zero-order valence-electron chi connectivity index (χ0n) is 9.38. The highest BCUT2D eigenvalue weighted by atomic mass is 15.1. The monoisotopic (exact) mass is 205 g/mol. The summed E-state index contributed by atoms with van der Waals surface area (Å²) in [7, 11) is 0. The van der Waals surface area contributed by atoms with Gasteiger partial charge in [0.15, 0.2) is 0 Å². The van der Waals surface area contributed by atoms with Gasteiger partial charge in [0, 0.05) is 6.04 Å². The Morgan fingerprint density at radius 3 is 2.73 bits per heavy atom. The Kier molecular flexibility index (Phi) is 4.03. The van der Waals surface area contributed by atoms with Crippen LogP contribution in [-0.4, -0.2) is 6.04 Å². The highest BCUT2D eigenvalue weighted by Crippen LogP contribution is 2.17. The second-order valence-corrected chi connectivity index (χ2v) is 3.64. The smallest absolute Gasteiger partial charge is 0.0959 e. The first-order valence-electron chi connectivity index (χ1n) is 5.20. The fraction of sp³-hybridized carbons (Fsp3) is 0.333. The number of nitrogens with one attached hydrogen (secondary N) is 2. The second-order valence-electron chi connectivity index (χ2n) is 3.64. The number of nitrogens with two attached hydrogens (primary N) is 1. The van der Waals surface area contributed by atoms with Gasteiger partial charge < -0.3 is 16.4 Å². The molecule has 1 atom stereocenters. The predicted octanol–water partition coefficient (Wildman–Crippen LogP) is 2.54. The summed E-state index contributed by atoms with van der Waals surface area (Å²) in [5, 5.41) is 6.39. The molecule has 0 saturated heterocycles. The molecule has 0 spiro atoms. The molecule has 0 fully saturated rings. The van der Waals surface area contributed by atoms with Gasteiger partial charge in [0.2, 0.25) is 0 Å². The number of hydrogen-bond acceptors (Lipinski definition) is 3. The SMILES string of the molecule is C=C(Nc1ccccc1N)NC(C)CC. The molecule has 1 aromatic carbocycles. The van der Waals surface area contributed by atoms with Crippen molar-refractivity contribution in [3.8, 4) is 0 Å². The number of nitrogen functional groups attached to an aromatic ring is 1. The van der Waals surface area contributed by atoms with E-state index in [-0.39, 0.29) is 0 Å². The summed E-state index contributed by atoms with van der Waals surface area (Å²) in [5.41, 5.74) is 7.41. The van der Waals surface area contributed by atoms with E-state index in [2.05, 4.69) is 31.1 Å². The van der Waals surface area contributed by atoms with Gasteiger partial charge in [0.05, 0.1) is 17.2 Å².